The summed E-state index contributed by atoms with van der Waals surface area (Å²) < 4.78 is 11.6. The molecule has 1 amide bonds. The number of benzene rings is 2. The number of ether oxygens (including phenoxy) is 2. The van der Waals surface area contributed by atoms with Gasteiger partial charge >= 0.3 is 0 Å². The van der Waals surface area contributed by atoms with Gasteiger partial charge in [-0.1, -0.05) is 44.5 Å². The average molecular weight is 370 g/mol. The maximum atomic E-state index is 12.4. The maximum Gasteiger partial charge on any atom is 0.261 e. The molecule has 0 saturated heterocycles. The lowest BCUT2D eigenvalue weighted by atomic mass is 10.1. The van der Waals surface area contributed by atoms with Crippen molar-refractivity contribution in [3.63, 3.8) is 0 Å². The number of hydrogen-bond donors (Lipinski definition) is 1. The molecule has 0 aliphatic heterocycles. The standard InChI is InChI=1S/C23H31NO3/c1-5-8-19-11-13-20(14-12-19)26-16-15-24-23(25)21(6-2)27-22-10-7-9-17(3)18(22)4/h7,9-14,21H,5-6,8,15-16H2,1-4H3,(H,24,25)/t21-/m0/s1. The molecule has 0 fully saturated rings. The molecule has 0 aromatic heterocycles. The molecule has 4 heteroatoms. The van der Waals surface area contributed by atoms with Crippen molar-refractivity contribution in [3.8, 4) is 11.5 Å². The molecule has 2 rings (SSSR count). The summed E-state index contributed by atoms with van der Waals surface area (Å²) in [7, 11) is 0. The van der Waals surface area contributed by atoms with Gasteiger partial charge in [0, 0.05) is 0 Å². The van der Waals surface area contributed by atoms with Crippen LogP contribution in [0.15, 0.2) is 42.5 Å². The molecule has 2 aromatic rings. The summed E-state index contributed by atoms with van der Waals surface area (Å²) in [6, 6.07) is 14.0. The molecule has 0 aliphatic carbocycles. The van der Waals surface area contributed by atoms with Crippen molar-refractivity contribution in [1.29, 1.82) is 0 Å². The van der Waals surface area contributed by atoms with E-state index < -0.39 is 6.10 Å². The van der Waals surface area contributed by atoms with E-state index in [1.807, 2.05) is 51.1 Å². The highest BCUT2D eigenvalue weighted by Crippen LogP contribution is 2.22. The summed E-state index contributed by atoms with van der Waals surface area (Å²) in [4.78, 5) is 12.4. The summed E-state index contributed by atoms with van der Waals surface area (Å²) in [5.74, 6) is 1.48. The van der Waals surface area contributed by atoms with Crippen LogP contribution in [0.3, 0.4) is 0 Å². The van der Waals surface area contributed by atoms with Gasteiger partial charge in [0.1, 0.15) is 18.1 Å². The molecule has 4 nitrogen and oxygen atoms in total. The van der Waals surface area contributed by atoms with Crippen molar-refractivity contribution < 1.29 is 14.3 Å². The molecule has 0 spiro atoms. The van der Waals surface area contributed by atoms with Crippen molar-refractivity contribution in [2.75, 3.05) is 13.2 Å². The fourth-order valence-corrected chi connectivity index (χ4v) is 2.83. The number of amides is 1. The molecule has 0 unspecified atom stereocenters. The summed E-state index contributed by atoms with van der Waals surface area (Å²) in [5.41, 5.74) is 3.53. The highest BCUT2D eigenvalue weighted by molar-refractivity contribution is 5.81. The van der Waals surface area contributed by atoms with Gasteiger partial charge in [0.15, 0.2) is 6.10 Å². The third kappa shape index (κ3) is 6.31. The van der Waals surface area contributed by atoms with Crippen LogP contribution >= 0.6 is 0 Å². The maximum absolute atomic E-state index is 12.4. The molecule has 0 bridgehead atoms. The minimum absolute atomic E-state index is 0.111. The van der Waals surface area contributed by atoms with E-state index in [-0.39, 0.29) is 5.91 Å². The van der Waals surface area contributed by atoms with Gasteiger partial charge in [-0.2, -0.15) is 0 Å². The monoisotopic (exact) mass is 369 g/mol. The summed E-state index contributed by atoms with van der Waals surface area (Å²) in [6.07, 6.45) is 2.32. The number of carbonyl (C=O) groups is 1. The van der Waals surface area contributed by atoms with Crippen LogP contribution in [0.5, 0.6) is 11.5 Å². The lowest BCUT2D eigenvalue weighted by Gasteiger charge is -2.19. The Hall–Kier alpha value is -2.49. The van der Waals surface area contributed by atoms with Crippen molar-refractivity contribution in [3.05, 3.63) is 59.2 Å². The largest absolute Gasteiger partial charge is 0.492 e. The molecular formula is C23H31NO3. The van der Waals surface area contributed by atoms with Crippen LogP contribution in [0.4, 0.5) is 0 Å². The van der Waals surface area contributed by atoms with Gasteiger partial charge in [0.2, 0.25) is 0 Å². The van der Waals surface area contributed by atoms with E-state index in [1.165, 1.54) is 5.56 Å². The van der Waals surface area contributed by atoms with Gasteiger partial charge in [-0.15, -0.1) is 0 Å². The zero-order chi connectivity index (χ0) is 19.6. The van der Waals surface area contributed by atoms with Crippen LogP contribution in [0.2, 0.25) is 0 Å². The highest BCUT2D eigenvalue weighted by Gasteiger charge is 2.19. The summed E-state index contributed by atoms with van der Waals surface area (Å²) >= 11 is 0. The van der Waals surface area contributed by atoms with Crippen LogP contribution < -0.4 is 14.8 Å². The van der Waals surface area contributed by atoms with E-state index in [0.29, 0.717) is 19.6 Å². The first-order chi connectivity index (χ1) is 13.0. The Morgan fingerprint density at radius 3 is 2.48 bits per heavy atom. The third-order valence-corrected chi connectivity index (χ3v) is 4.62. The molecule has 27 heavy (non-hydrogen) atoms. The first kappa shape index (κ1) is 20.8. The van der Waals surface area contributed by atoms with Crippen LogP contribution in [0, 0.1) is 13.8 Å². The van der Waals surface area contributed by atoms with E-state index in [2.05, 4.69) is 24.4 Å². The number of nitrogens with one attached hydrogen (secondary N) is 1. The molecule has 2 aromatic carbocycles. The molecular weight excluding hydrogens is 338 g/mol. The Labute approximate surface area is 162 Å². The van der Waals surface area contributed by atoms with E-state index in [0.717, 1.165) is 35.5 Å². The van der Waals surface area contributed by atoms with Crippen molar-refractivity contribution in [2.45, 2.75) is 53.1 Å². The normalized spacial score (nSPS) is 11.7. The Kier molecular flexibility index (Phi) is 8.18. The zero-order valence-corrected chi connectivity index (χ0v) is 16.9. The Bertz CT molecular complexity index is 725. The SMILES string of the molecule is CCCc1ccc(OCCNC(=O)[C@H](CC)Oc2cccc(C)c2C)cc1. The number of carbonyl (C=O) groups excluding carboxylic acids is 1. The lowest BCUT2D eigenvalue weighted by Crippen LogP contribution is -2.39. The van der Waals surface area contributed by atoms with Gasteiger partial charge in [0.05, 0.1) is 6.54 Å². The van der Waals surface area contributed by atoms with Gasteiger partial charge in [-0.3, -0.25) is 4.79 Å². The predicted molar refractivity (Wildman–Crippen MR) is 110 cm³/mol. The molecule has 0 saturated carbocycles. The van der Waals surface area contributed by atoms with E-state index in [1.54, 1.807) is 0 Å². The predicted octanol–water partition coefficient (Wildman–Crippen LogP) is 4.61. The molecule has 0 radical (unpaired) electrons. The van der Waals surface area contributed by atoms with Crippen LogP contribution in [0.1, 0.15) is 43.4 Å². The molecule has 1 N–H and O–H groups in total. The Balaban J connectivity index is 1.78. The number of hydrogen-bond acceptors (Lipinski definition) is 3. The van der Waals surface area contributed by atoms with Gasteiger partial charge in [-0.05, 0) is 61.6 Å². The first-order valence-corrected chi connectivity index (χ1v) is 9.77. The molecule has 0 aliphatic rings. The quantitative estimate of drug-likeness (QED) is 0.622. The molecule has 0 heterocycles. The van der Waals surface area contributed by atoms with E-state index in [4.69, 9.17) is 9.47 Å². The molecule has 1 atom stereocenters. The van der Waals surface area contributed by atoms with Gasteiger partial charge < -0.3 is 14.8 Å². The number of rotatable bonds is 10. The van der Waals surface area contributed by atoms with E-state index >= 15 is 0 Å². The third-order valence-electron chi connectivity index (χ3n) is 4.62. The number of aryl methyl sites for hydroxylation is 2. The van der Waals surface area contributed by atoms with Crippen molar-refractivity contribution in [1.82, 2.24) is 5.32 Å². The Morgan fingerprint density at radius 1 is 1.07 bits per heavy atom. The van der Waals surface area contributed by atoms with E-state index in [9.17, 15) is 4.79 Å². The average Bonchev–Trinajstić information content (AvgIpc) is 2.67. The highest BCUT2D eigenvalue weighted by atomic mass is 16.5. The second kappa shape index (κ2) is 10.6. The van der Waals surface area contributed by atoms with Crippen LogP contribution in [-0.4, -0.2) is 25.2 Å². The topological polar surface area (TPSA) is 47.6 Å². The summed E-state index contributed by atoms with van der Waals surface area (Å²) in [6.45, 7) is 9.04. The fraction of sp³-hybridized carbons (Fsp3) is 0.435. The second-order valence-electron chi connectivity index (χ2n) is 6.75. The van der Waals surface area contributed by atoms with Gasteiger partial charge in [-0.25, -0.2) is 0 Å². The van der Waals surface area contributed by atoms with Gasteiger partial charge in [0.25, 0.3) is 5.91 Å². The minimum Gasteiger partial charge on any atom is -0.492 e. The lowest BCUT2D eigenvalue weighted by molar-refractivity contribution is -0.128. The summed E-state index contributed by atoms with van der Waals surface area (Å²) in [5, 5.41) is 2.90. The smallest absolute Gasteiger partial charge is 0.261 e. The fourth-order valence-electron chi connectivity index (χ4n) is 2.83. The minimum atomic E-state index is -0.501. The Morgan fingerprint density at radius 2 is 1.81 bits per heavy atom. The first-order valence-electron chi connectivity index (χ1n) is 9.77. The van der Waals surface area contributed by atoms with Crippen molar-refractivity contribution >= 4 is 5.91 Å². The van der Waals surface area contributed by atoms with Crippen LogP contribution in [-0.2, 0) is 11.2 Å². The van der Waals surface area contributed by atoms with Crippen molar-refractivity contribution in [2.24, 2.45) is 0 Å². The zero-order valence-electron chi connectivity index (χ0n) is 16.9. The van der Waals surface area contributed by atoms with Crippen LogP contribution in [0.25, 0.3) is 0 Å². The molecule has 146 valence electrons. The second-order valence-corrected chi connectivity index (χ2v) is 6.75.